The molecular weight excluding hydrogens is 298 g/mol. The molecule has 0 atom stereocenters. The maximum atomic E-state index is 12.7. The Morgan fingerprint density at radius 2 is 1.90 bits per heavy atom. The number of anilines is 1. The van der Waals surface area contributed by atoms with Crippen LogP contribution in [0.4, 0.5) is 5.69 Å². The number of alkyl halides is 1. The number of furan rings is 1. The van der Waals surface area contributed by atoms with Gasteiger partial charge in [0, 0.05) is 13.1 Å². The second kappa shape index (κ2) is 5.50. The van der Waals surface area contributed by atoms with Gasteiger partial charge < -0.3 is 4.42 Å². The van der Waals surface area contributed by atoms with E-state index in [4.69, 9.17) is 16.0 Å². The summed E-state index contributed by atoms with van der Waals surface area (Å²) in [6.45, 7) is 3.49. The van der Waals surface area contributed by atoms with Crippen molar-refractivity contribution < 1.29 is 12.8 Å². The first-order valence-electron chi connectivity index (χ1n) is 6.07. The molecule has 0 saturated carbocycles. The molecule has 0 aliphatic heterocycles. The summed E-state index contributed by atoms with van der Waals surface area (Å²) in [5.74, 6) is 0.937. The van der Waals surface area contributed by atoms with Gasteiger partial charge >= 0.3 is 0 Å². The monoisotopic (exact) mass is 313 g/mol. The summed E-state index contributed by atoms with van der Waals surface area (Å²) in [5, 5.41) is 0. The summed E-state index contributed by atoms with van der Waals surface area (Å²) in [6, 6.07) is 8.79. The van der Waals surface area contributed by atoms with Crippen molar-refractivity contribution in [2.75, 3.05) is 11.4 Å². The number of hydrogen-bond donors (Lipinski definition) is 0. The van der Waals surface area contributed by atoms with E-state index >= 15 is 0 Å². The molecule has 0 unspecified atom stereocenters. The standard InChI is InChI=1S/C14H16ClNO3S/c1-10-6-4-5-7-13(10)16(3)20(17,18)14-8-12(9-15)19-11(14)2/h4-8H,9H2,1-3H3. The van der Waals surface area contributed by atoms with Gasteiger partial charge in [0.15, 0.2) is 0 Å². The molecule has 20 heavy (non-hydrogen) atoms. The summed E-state index contributed by atoms with van der Waals surface area (Å²) in [4.78, 5) is 0.152. The highest BCUT2D eigenvalue weighted by molar-refractivity contribution is 7.92. The first kappa shape index (κ1) is 14.9. The molecular formula is C14H16ClNO3S. The van der Waals surface area contributed by atoms with Gasteiger partial charge in [-0.2, -0.15) is 0 Å². The van der Waals surface area contributed by atoms with Gasteiger partial charge in [0.25, 0.3) is 10.0 Å². The number of hydrogen-bond acceptors (Lipinski definition) is 3. The fourth-order valence-electron chi connectivity index (χ4n) is 2.04. The Morgan fingerprint density at radius 1 is 1.25 bits per heavy atom. The zero-order valence-corrected chi connectivity index (χ0v) is 13.1. The average molecular weight is 314 g/mol. The Kier molecular flexibility index (Phi) is 4.11. The molecule has 0 aliphatic carbocycles. The lowest BCUT2D eigenvalue weighted by Crippen LogP contribution is -2.27. The number of halogens is 1. The van der Waals surface area contributed by atoms with Gasteiger partial charge in [0.1, 0.15) is 16.4 Å². The normalized spacial score (nSPS) is 11.6. The quantitative estimate of drug-likeness (QED) is 0.812. The van der Waals surface area contributed by atoms with Crippen molar-refractivity contribution in [3.8, 4) is 0 Å². The summed E-state index contributed by atoms with van der Waals surface area (Å²) in [5.41, 5.74) is 1.53. The fraction of sp³-hybridized carbons (Fsp3) is 0.286. The molecule has 0 bridgehead atoms. The first-order chi connectivity index (χ1) is 9.37. The topological polar surface area (TPSA) is 50.5 Å². The van der Waals surface area contributed by atoms with Crippen molar-refractivity contribution >= 4 is 27.3 Å². The Bertz CT molecular complexity index is 722. The molecule has 0 radical (unpaired) electrons. The van der Waals surface area contributed by atoms with Crippen molar-refractivity contribution in [2.45, 2.75) is 24.6 Å². The van der Waals surface area contributed by atoms with Crippen LogP contribution in [0.25, 0.3) is 0 Å². The highest BCUT2D eigenvalue weighted by Crippen LogP contribution is 2.28. The van der Waals surface area contributed by atoms with Crippen LogP contribution in [0.3, 0.4) is 0 Å². The lowest BCUT2D eigenvalue weighted by atomic mass is 10.2. The minimum Gasteiger partial charge on any atom is -0.464 e. The average Bonchev–Trinajstić information content (AvgIpc) is 2.80. The molecule has 0 spiro atoms. The van der Waals surface area contributed by atoms with Crippen molar-refractivity contribution in [3.05, 3.63) is 47.4 Å². The Balaban J connectivity index is 2.49. The van der Waals surface area contributed by atoms with Crippen LogP contribution in [0.2, 0.25) is 0 Å². The van der Waals surface area contributed by atoms with Crippen LogP contribution in [0, 0.1) is 13.8 Å². The van der Waals surface area contributed by atoms with Gasteiger partial charge in [-0.1, -0.05) is 18.2 Å². The van der Waals surface area contributed by atoms with Crippen LogP contribution in [0.15, 0.2) is 39.6 Å². The lowest BCUT2D eigenvalue weighted by Gasteiger charge is -2.20. The Labute approximate surface area is 124 Å². The van der Waals surface area contributed by atoms with E-state index in [1.54, 1.807) is 19.1 Å². The minimum atomic E-state index is -3.65. The number of rotatable bonds is 4. The molecule has 2 rings (SSSR count). The molecule has 0 aliphatic rings. The van der Waals surface area contributed by atoms with E-state index in [2.05, 4.69) is 0 Å². The SMILES string of the molecule is Cc1ccccc1N(C)S(=O)(=O)c1cc(CCl)oc1C. The van der Waals surface area contributed by atoms with Crippen LogP contribution < -0.4 is 4.31 Å². The summed E-state index contributed by atoms with van der Waals surface area (Å²) >= 11 is 5.68. The molecule has 0 amide bonds. The zero-order chi connectivity index (χ0) is 14.9. The van der Waals surface area contributed by atoms with E-state index in [1.165, 1.54) is 17.4 Å². The van der Waals surface area contributed by atoms with Crippen LogP contribution in [-0.4, -0.2) is 15.5 Å². The van der Waals surface area contributed by atoms with Gasteiger partial charge in [0.05, 0.1) is 11.6 Å². The molecule has 4 nitrogen and oxygen atoms in total. The third-order valence-electron chi connectivity index (χ3n) is 3.15. The van der Waals surface area contributed by atoms with Crippen LogP contribution >= 0.6 is 11.6 Å². The van der Waals surface area contributed by atoms with Crippen LogP contribution in [0.5, 0.6) is 0 Å². The number of aryl methyl sites for hydroxylation is 2. The van der Waals surface area contributed by atoms with E-state index in [0.717, 1.165) is 5.56 Å². The molecule has 1 aromatic carbocycles. The second-order valence-electron chi connectivity index (χ2n) is 4.53. The van der Waals surface area contributed by atoms with Gasteiger partial charge in [-0.15, -0.1) is 11.6 Å². The number of nitrogens with zero attached hydrogens (tertiary/aromatic N) is 1. The van der Waals surface area contributed by atoms with E-state index in [0.29, 0.717) is 17.2 Å². The molecule has 6 heteroatoms. The van der Waals surface area contributed by atoms with Crippen molar-refractivity contribution in [3.63, 3.8) is 0 Å². The van der Waals surface area contributed by atoms with Gasteiger partial charge in [-0.25, -0.2) is 8.42 Å². The number of sulfonamides is 1. The van der Waals surface area contributed by atoms with E-state index in [1.807, 2.05) is 19.1 Å². The molecule has 0 saturated heterocycles. The highest BCUT2D eigenvalue weighted by Gasteiger charge is 2.27. The largest absolute Gasteiger partial charge is 0.464 e. The number of benzene rings is 1. The fourth-order valence-corrected chi connectivity index (χ4v) is 3.62. The van der Waals surface area contributed by atoms with Gasteiger partial charge in [-0.3, -0.25) is 4.31 Å². The summed E-state index contributed by atoms with van der Waals surface area (Å²) in [7, 11) is -2.12. The van der Waals surface area contributed by atoms with Crippen LogP contribution in [-0.2, 0) is 15.9 Å². The molecule has 1 heterocycles. The van der Waals surface area contributed by atoms with E-state index in [9.17, 15) is 8.42 Å². The predicted octanol–water partition coefficient (Wildman–Crippen LogP) is 3.46. The zero-order valence-electron chi connectivity index (χ0n) is 11.6. The van der Waals surface area contributed by atoms with E-state index < -0.39 is 10.0 Å². The Morgan fingerprint density at radius 3 is 2.45 bits per heavy atom. The molecule has 0 fully saturated rings. The summed E-state index contributed by atoms with van der Waals surface area (Å²) in [6.07, 6.45) is 0. The molecule has 1 aromatic heterocycles. The Hall–Kier alpha value is -1.46. The van der Waals surface area contributed by atoms with Gasteiger partial charge in [0.2, 0.25) is 0 Å². The molecule has 108 valence electrons. The van der Waals surface area contributed by atoms with Crippen molar-refractivity contribution in [2.24, 2.45) is 0 Å². The molecule has 2 aromatic rings. The lowest BCUT2D eigenvalue weighted by molar-refractivity contribution is 0.492. The predicted molar refractivity (Wildman–Crippen MR) is 79.8 cm³/mol. The van der Waals surface area contributed by atoms with Gasteiger partial charge in [-0.05, 0) is 25.5 Å². The van der Waals surface area contributed by atoms with Crippen molar-refractivity contribution in [1.29, 1.82) is 0 Å². The first-order valence-corrected chi connectivity index (χ1v) is 8.05. The van der Waals surface area contributed by atoms with E-state index in [-0.39, 0.29) is 10.8 Å². The summed E-state index contributed by atoms with van der Waals surface area (Å²) < 4.78 is 31.9. The third-order valence-corrected chi connectivity index (χ3v) is 5.29. The number of para-hydroxylation sites is 1. The third kappa shape index (κ3) is 2.55. The highest BCUT2D eigenvalue weighted by atomic mass is 35.5. The second-order valence-corrected chi connectivity index (χ2v) is 6.73. The minimum absolute atomic E-state index is 0.143. The maximum absolute atomic E-state index is 12.7. The van der Waals surface area contributed by atoms with Crippen molar-refractivity contribution in [1.82, 2.24) is 0 Å². The maximum Gasteiger partial charge on any atom is 0.267 e. The molecule has 0 N–H and O–H groups in total. The smallest absolute Gasteiger partial charge is 0.267 e. The van der Waals surface area contributed by atoms with Crippen LogP contribution in [0.1, 0.15) is 17.1 Å².